The lowest BCUT2D eigenvalue weighted by Crippen LogP contribution is -2.68. The van der Waals surface area contributed by atoms with Gasteiger partial charge in [0.15, 0.2) is 0 Å². The summed E-state index contributed by atoms with van der Waals surface area (Å²) < 4.78 is 16.0. The van der Waals surface area contributed by atoms with Gasteiger partial charge in [-0.25, -0.2) is 14.4 Å². The van der Waals surface area contributed by atoms with Gasteiger partial charge in [0.25, 0.3) is 0 Å². The van der Waals surface area contributed by atoms with E-state index in [1.807, 2.05) is 0 Å². The van der Waals surface area contributed by atoms with E-state index in [1.54, 1.807) is 41.5 Å². The van der Waals surface area contributed by atoms with E-state index in [4.69, 9.17) is 14.2 Å². The maximum absolute atomic E-state index is 13.1. The minimum absolute atomic E-state index is 0.324. The molecule has 10 heteroatoms. The number of aliphatic hydroxyl groups is 1. The van der Waals surface area contributed by atoms with Crippen LogP contribution in [0.25, 0.3) is 0 Å². The van der Waals surface area contributed by atoms with Crippen LogP contribution in [0.4, 0.5) is 9.59 Å². The summed E-state index contributed by atoms with van der Waals surface area (Å²) in [4.78, 5) is 37.9. The molecule has 1 saturated carbocycles. The monoisotopic (exact) mass is 480 g/mol. The van der Waals surface area contributed by atoms with Gasteiger partial charge < -0.3 is 19.3 Å². The Morgan fingerprint density at radius 3 is 1.72 bits per heavy atom. The molecule has 0 aliphatic heterocycles. The summed E-state index contributed by atoms with van der Waals surface area (Å²) in [6.45, 7) is 9.95. The summed E-state index contributed by atoms with van der Waals surface area (Å²) >= 11 is 2.96. The maximum Gasteiger partial charge on any atom is 0.409 e. The predicted octanol–water partition coefficient (Wildman–Crippen LogP) is 3.32. The minimum Gasteiger partial charge on any atom is -0.459 e. The zero-order valence-electron chi connectivity index (χ0n) is 18.0. The lowest BCUT2D eigenvalue weighted by molar-refractivity contribution is -0.159. The molecular weight excluding hydrogens is 448 g/mol. The number of carbonyl (C=O) groups excluding carboxylic acids is 3. The fourth-order valence-electron chi connectivity index (χ4n) is 2.79. The second-order valence-electron chi connectivity index (χ2n) is 9.11. The van der Waals surface area contributed by atoms with Gasteiger partial charge in [0.05, 0.1) is 0 Å². The highest BCUT2D eigenvalue weighted by molar-refractivity contribution is 9.09. The molecule has 9 nitrogen and oxygen atoms in total. The van der Waals surface area contributed by atoms with Crippen molar-refractivity contribution in [2.24, 2.45) is 0 Å². The third-order valence-corrected chi connectivity index (χ3v) is 4.15. The Morgan fingerprint density at radius 2 is 1.38 bits per heavy atom. The molecule has 1 fully saturated rings. The smallest absolute Gasteiger partial charge is 0.409 e. The topological polar surface area (TPSA) is 123 Å². The van der Waals surface area contributed by atoms with Crippen molar-refractivity contribution in [1.29, 1.82) is 0 Å². The Morgan fingerprint density at radius 1 is 0.966 bits per heavy atom. The molecule has 0 radical (unpaired) electrons. The normalized spacial score (nSPS) is 16.7. The van der Waals surface area contributed by atoms with Crippen LogP contribution < -0.4 is 10.6 Å². The number of esters is 1. The van der Waals surface area contributed by atoms with Crippen molar-refractivity contribution < 1.29 is 33.7 Å². The van der Waals surface area contributed by atoms with Crippen molar-refractivity contribution in [1.82, 2.24) is 10.6 Å². The molecule has 0 unspecified atom stereocenters. The summed E-state index contributed by atoms with van der Waals surface area (Å²) in [6.07, 6.45) is 0.590. The number of nitrogens with one attached hydrogen (secondary N) is 2. The molecule has 2 amide bonds. The number of alkyl carbamates (subject to hydrolysis) is 2. The molecule has 1 atom stereocenters. The van der Waals surface area contributed by atoms with Crippen molar-refractivity contribution in [3.05, 3.63) is 0 Å². The molecule has 29 heavy (non-hydrogen) atoms. The third kappa shape index (κ3) is 9.66. The molecule has 0 aromatic carbocycles. The molecular formula is C19H33BrN2O7. The van der Waals surface area contributed by atoms with Crippen LogP contribution in [0.5, 0.6) is 0 Å². The first-order valence-electron chi connectivity index (χ1n) is 9.67. The van der Waals surface area contributed by atoms with E-state index in [2.05, 4.69) is 26.6 Å². The van der Waals surface area contributed by atoms with E-state index in [-0.39, 0.29) is 6.10 Å². The Kier molecular flexibility index (Phi) is 8.76. The van der Waals surface area contributed by atoms with Gasteiger partial charge in [0, 0.05) is 6.42 Å². The molecule has 168 valence electrons. The number of rotatable bonds is 6. The van der Waals surface area contributed by atoms with Crippen molar-refractivity contribution in [2.75, 3.05) is 0 Å². The van der Waals surface area contributed by atoms with E-state index >= 15 is 0 Å². The van der Waals surface area contributed by atoms with Gasteiger partial charge in [-0.3, -0.25) is 10.6 Å². The second kappa shape index (κ2) is 9.97. The highest BCUT2D eigenvalue weighted by atomic mass is 79.9. The number of aliphatic hydroxyl groups excluding tert-OH is 1. The SMILES string of the molecule is CC(C)(C)OC(=O)NC(C[C@@H](O)Br)(NC(=O)OC(C)(C)C)C(=O)OC1CCCC1. The molecule has 3 N–H and O–H groups in total. The summed E-state index contributed by atoms with van der Waals surface area (Å²) in [5, 5.41) is 13.4. The maximum atomic E-state index is 13.1. The summed E-state index contributed by atoms with van der Waals surface area (Å²) in [6, 6.07) is 0. The van der Waals surface area contributed by atoms with Crippen LogP contribution in [0.15, 0.2) is 0 Å². The van der Waals surface area contributed by atoms with Gasteiger partial charge in [0.1, 0.15) is 22.3 Å². The molecule has 1 rings (SSSR count). The van der Waals surface area contributed by atoms with E-state index in [9.17, 15) is 19.5 Å². The number of alkyl halides is 1. The van der Waals surface area contributed by atoms with Crippen LogP contribution >= 0.6 is 15.9 Å². The fourth-order valence-corrected chi connectivity index (χ4v) is 3.27. The van der Waals surface area contributed by atoms with Gasteiger partial charge in [-0.2, -0.15) is 0 Å². The first kappa shape index (κ1) is 25.5. The molecule has 0 saturated heterocycles. The Balaban J connectivity index is 3.17. The third-order valence-electron chi connectivity index (χ3n) is 3.83. The quantitative estimate of drug-likeness (QED) is 0.230. The minimum atomic E-state index is -2.09. The standard InChI is InChI=1S/C19H33BrN2O7/c1-17(2,3)28-15(25)21-19(11-13(20)23,22-16(26)29-18(4,5)6)14(24)27-12-9-7-8-10-12/h12-13,23H,7-11H2,1-6H3,(H,21,25)(H,22,26)/t13-/m1/s1. The average Bonchev–Trinajstić information content (AvgIpc) is 2.94. The van der Waals surface area contributed by atoms with Gasteiger partial charge in [-0.1, -0.05) is 15.9 Å². The van der Waals surface area contributed by atoms with E-state index in [0.29, 0.717) is 12.8 Å². The predicted molar refractivity (Wildman–Crippen MR) is 109 cm³/mol. The fraction of sp³-hybridized carbons (Fsp3) is 0.842. The van der Waals surface area contributed by atoms with E-state index in [1.165, 1.54) is 0 Å². The van der Waals surface area contributed by atoms with Crippen LogP contribution in [-0.4, -0.2) is 51.2 Å². The van der Waals surface area contributed by atoms with Gasteiger partial charge in [0.2, 0.25) is 5.66 Å². The molecule has 1 aliphatic carbocycles. The lowest BCUT2D eigenvalue weighted by atomic mass is 10.1. The number of hydrogen-bond acceptors (Lipinski definition) is 7. The number of amides is 2. The molecule has 0 bridgehead atoms. The number of hydrogen-bond donors (Lipinski definition) is 3. The van der Waals surface area contributed by atoms with Crippen LogP contribution in [0, 0.1) is 0 Å². The van der Waals surface area contributed by atoms with Crippen LogP contribution in [0.3, 0.4) is 0 Å². The second-order valence-corrected chi connectivity index (χ2v) is 10.2. The molecule has 0 aromatic rings. The van der Waals surface area contributed by atoms with Gasteiger partial charge in [-0.15, -0.1) is 0 Å². The zero-order valence-corrected chi connectivity index (χ0v) is 19.6. The van der Waals surface area contributed by atoms with E-state index < -0.39 is 46.5 Å². The van der Waals surface area contributed by atoms with Gasteiger partial charge >= 0.3 is 18.2 Å². The van der Waals surface area contributed by atoms with Crippen LogP contribution in [0.1, 0.15) is 73.6 Å². The van der Waals surface area contributed by atoms with Crippen molar-refractivity contribution in [3.63, 3.8) is 0 Å². The zero-order chi connectivity index (χ0) is 22.5. The molecule has 0 aromatic heterocycles. The summed E-state index contributed by atoms with van der Waals surface area (Å²) in [7, 11) is 0. The number of carbonyl (C=O) groups is 3. The Hall–Kier alpha value is -1.55. The lowest BCUT2D eigenvalue weighted by Gasteiger charge is -2.35. The highest BCUT2D eigenvalue weighted by Crippen LogP contribution is 2.25. The van der Waals surface area contributed by atoms with Gasteiger partial charge in [-0.05, 0) is 67.2 Å². The number of halogens is 1. The Labute approximate surface area is 180 Å². The molecule has 0 spiro atoms. The van der Waals surface area contributed by atoms with Crippen molar-refractivity contribution >= 4 is 34.1 Å². The van der Waals surface area contributed by atoms with E-state index in [0.717, 1.165) is 12.8 Å². The van der Waals surface area contributed by atoms with Crippen molar-refractivity contribution in [2.45, 2.75) is 102 Å². The Bertz CT molecular complexity index is 560. The van der Waals surface area contributed by atoms with Crippen molar-refractivity contribution in [3.8, 4) is 0 Å². The highest BCUT2D eigenvalue weighted by Gasteiger charge is 2.47. The number of ether oxygens (including phenoxy) is 3. The first-order chi connectivity index (χ1) is 13.1. The molecule has 0 heterocycles. The largest absolute Gasteiger partial charge is 0.459 e. The summed E-state index contributed by atoms with van der Waals surface area (Å²) in [5.41, 5.74) is -3.77. The van der Waals surface area contributed by atoms with Crippen LogP contribution in [0.2, 0.25) is 0 Å². The molecule has 1 aliphatic rings. The average molecular weight is 481 g/mol. The van der Waals surface area contributed by atoms with Crippen LogP contribution in [-0.2, 0) is 19.0 Å². The first-order valence-corrected chi connectivity index (χ1v) is 10.6. The summed E-state index contributed by atoms with van der Waals surface area (Å²) in [5.74, 6) is -0.903.